The molecule has 2 rings (SSSR count). The van der Waals surface area contributed by atoms with Gasteiger partial charge in [0.2, 0.25) is 0 Å². The maximum atomic E-state index is 12.1. The summed E-state index contributed by atoms with van der Waals surface area (Å²) in [5, 5.41) is 12.3. The van der Waals surface area contributed by atoms with Crippen LogP contribution in [0.5, 0.6) is 11.5 Å². The van der Waals surface area contributed by atoms with Crippen molar-refractivity contribution in [1.29, 1.82) is 5.26 Å². The quantitative estimate of drug-likeness (QED) is 0.457. The molecule has 2 aromatic rings. The van der Waals surface area contributed by atoms with E-state index in [1.165, 1.54) is 13.2 Å². The van der Waals surface area contributed by atoms with Crippen LogP contribution in [0.4, 0.5) is 0 Å². The number of hydrogen-bond donors (Lipinski definition) is 1. The second-order valence-corrected chi connectivity index (χ2v) is 7.57. The topological polar surface area (TPSA) is 71.3 Å². The van der Waals surface area contributed by atoms with Gasteiger partial charge in [0.15, 0.2) is 11.5 Å². The SMILES string of the molecule is COc1cc(/C=C(/C#N)C(=O)NC(C)C)cc(Cl)c1OCc1ccc(Br)cc1. The van der Waals surface area contributed by atoms with E-state index in [0.717, 1.165) is 10.0 Å². The Kier molecular flexibility index (Phi) is 7.91. The number of halogens is 2. The Morgan fingerprint density at radius 2 is 2.00 bits per heavy atom. The van der Waals surface area contributed by atoms with Gasteiger partial charge in [-0.15, -0.1) is 0 Å². The van der Waals surface area contributed by atoms with Crippen LogP contribution in [0.2, 0.25) is 5.02 Å². The molecule has 0 saturated heterocycles. The smallest absolute Gasteiger partial charge is 0.262 e. The van der Waals surface area contributed by atoms with E-state index < -0.39 is 5.91 Å². The van der Waals surface area contributed by atoms with Crippen LogP contribution in [0.3, 0.4) is 0 Å². The Balaban J connectivity index is 2.27. The monoisotopic (exact) mass is 462 g/mol. The van der Waals surface area contributed by atoms with Crippen molar-refractivity contribution in [2.45, 2.75) is 26.5 Å². The molecule has 0 aromatic heterocycles. The Morgan fingerprint density at radius 3 is 2.57 bits per heavy atom. The summed E-state index contributed by atoms with van der Waals surface area (Å²) >= 11 is 9.76. The van der Waals surface area contributed by atoms with Gasteiger partial charge in [0.1, 0.15) is 18.2 Å². The van der Waals surface area contributed by atoms with Gasteiger partial charge in [-0.1, -0.05) is 39.7 Å². The minimum atomic E-state index is -0.442. The third-order valence-electron chi connectivity index (χ3n) is 3.64. The van der Waals surface area contributed by atoms with Crippen LogP contribution in [0, 0.1) is 11.3 Å². The molecular weight excluding hydrogens is 444 g/mol. The molecule has 2 aromatic carbocycles. The molecule has 0 aliphatic heterocycles. The van der Waals surface area contributed by atoms with Crippen LogP contribution in [0.1, 0.15) is 25.0 Å². The van der Waals surface area contributed by atoms with Gasteiger partial charge in [0, 0.05) is 10.5 Å². The first-order chi connectivity index (χ1) is 13.3. The second-order valence-electron chi connectivity index (χ2n) is 6.25. The number of hydrogen-bond acceptors (Lipinski definition) is 4. The third kappa shape index (κ3) is 6.01. The zero-order chi connectivity index (χ0) is 20.7. The molecule has 0 unspecified atom stereocenters. The Bertz CT molecular complexity index is 918. The number of nitriles is 1. The summed E-state index contributed by atoms with van der Waals surface area (Å²) < 4.78 is 12.2. The molecule has 0 spiro atoms. The number of carbonyl (C=O) groups excluding carboxylic acids is 1. The standard InChI is InChI=1S/C21H20BrClN2O3/c1-13(2)25-21(26)16(11-24)8-15-9-18(23)20(19(10-15)27-3)28-12-14-4-6-17(22)7-5-14/h4-10,13H,12H2,1-3H3,(H,25,26)/b16-8-. The third-order valence-corrected chi connectivity index (χ3v) is 4.45. The van der Waals surface area contributed by atoms with E-state index in [-0.39, 0.29) is 11.6 Å². The van der Waals surface area contributed by atoms with E-state index in [4.69, 9.17) is 21.1 Å². The zero-order valence-corrected chi connectivity index (χ0v) is 18.1. The summed E-state index contributed by atoms with van der Waals surface area (Å²) in [6, 6.07) is 12.9. The predicted octanol–water partition coefficient (Wildman–Crippen LogP) is 5.12. The molecule has 0 fully saturated rings. The normalized spacial score (nSPS) is 11.1. The van der Waals surface area contributed by atoms with Crippen LogP contribution < -0.4 is 14.8 Å². The Hall–Kier alpha value is -2.49. The average Bonchev–Trinajstić information content (AvgIpc) is 2.65. The summed E-state index contributed by atoms with van der Waals surface area (Å²) in [5.74, 6) is 0.370. The minimum Gasteiger partial charge on any atom is -0.493 e. The van der Waals surface area contributed by atoms with Gasteiger partial charge in [-0.05, 0) is 55.3 Å². The highest BCUT2D eigenvalue weighted by molar-refractivity contribution is 9.10. The van der Waals surface area contributed by atoms with Crippen LogP contribution in [-0.2, 0) is 11.4 Å². The van der Waals surface area contributed by atoms with Crippen molar-refractivity contribution in [3.05, 3.63) is 62.6 Å². The number of carbonyl (C=O) groups is 1. The van der Waals surface area contributed by atoms with E-state index in [1.54, 1.807) is 12.1 Å². The first kappa shape index (κ1) is 21.8. The average molecular weight is 464 g/mol. The fraction of sp³-hybridized carbons (Fsp3) is 0.238. The number of nitrogens with zero attached hydrogens (tertiary/aromatic N) is 1. The van der Waals surface area contributed by atoms with Crippen molar-refractivity contribution in [1.82, 2.24) is 5.32 Å². The molecule has 5 nitrogen and oxygen atoms in total. The van der Waals surface area contributed by atoms with Gasteiger partial charge in [0.05, 0.1) is 12.1 Å². The lowest BCUT2D eigenvalue weighted by atomic mass is 10.1. The van der Waals surface area contributed by atoms with Gasteiger partial charge in [-0.25, -0.2) is 0 Å². The van der Waals surface area contributed by atoms with Gasteiger partial charge < -0.3 is 14.8 Å². The minimum absolute atomic E-state index is 0.0182. The van der Waals surface area contributed by atoms with Crippen LogP contribution in [0.15, 0.2) is 46.4 Å². The number of rotatable bonds is 7. The van der Waals surface area contributed by atoms with Crippen molar-refractivity contribution < 1.29 is 14.3 Å². The molecule has 0 aliphatic carbocycles. The number of ether oxygens (including phenoxy) is 2. The van der Waals surface area contributed by atoms with Crippen molar-refractivity contribution in [2.24, 2.45) is 0 Å². The maximum Gasteiger partial charge on any atom is 0.262 e. The molecule has 1 amide bonds. The molecule has 7 heteroatoms. The molecule has 0 saturated carbocycles. The summed E-state index contributed by atoms with van der Waals surface area (Å²) in [6.07, 6.45) is 1.46. The first-order valence-electron chi connectivity index (χ1n) is 8.51. The van der Waals surface area contributed by atoms with E-state index >= 15 is 0 Å². The van der Waals surface area contributed by atoms with Gasteiger partial charge >= 0.3 is 0 Å². The molecule has 146 valence electrons. The van der Waals surface area contributed by atoms with Crippen molar-refractivity contribution in [3.8, 4) is 17.6 Å². The fourth-order valence-electron chi connectivity index (χ4n) is 2.35. The van der Waals surface area contributed by atoms with Gasteiger partial charge in [-0.2, -0.15) is 5.26 Å². The van der Waals surface area contributed by atoms with Crippen LogP contribution in [0.25, 0.3) is 6.08 Å². The lowest BCUT2D eigenvalue weighted by molar-refractivity contribution is -0.117. The summed E-state index contributed by atoms with van der Waals surface area (Å²) in [4.78, 5) is 12.1. The van der Waals surface area contributed by atoms with Crippen molar-refractivity contribution in [2.75, 3.05) is 7.11 Å². The van der Waals surface area contributed by atoms with Crippen LogP contribution in [-0.4, -0.2) is 19.1 Å². The molecule has 0 atom stereocenters. The number of methoxy groups -OCH3 is 1. The van der Waals surface area contributed by atoms with Crippen molar-refractivity contribution in [3.63, 3.8) is 0 Å². The van der Waals surface area contributed by atoms with Gasteiger partial charge in [0.25, 0.3) is 5.91 Å². The predicted molar refractivity (Wildman–Crippen MR) is 113 cm³/mol. The van der Waals surface area contributed by atoms with Gasteiger partial charge in [-0.3, -0.25) is 4.79 Å². The summed E-state index contributed by atoms with van der Waals surface area (Å²) in [7, 11) is 1.50. The first-order valence-corrected chi connectivity index (χ1v) is 9.68. The van der Waals surface area contributed by atoms with E-state index in [1.807, 2.05) is 44.2 Å². The maximum absolute atomic E-state index is 12.1. The highest BCUT2D eigenvalue weighted by Gasteiger charge is 2.14. The van der Waals surface area contributed by atoms with E-state index in [0.29, 0.717) is 28.7 Å². The molecule has 0 radical (unpaired) electrons. The lowest BCUT2D eigenvalue weighted by Crippen LogP contribution is -2.30. The number of nitrogens with one attached hydrogen (secondary N) is 1. The highest BCUT2D eigenvalue weighted by atomic mass is 79.9. The zero-order valence-electron chi connectivity index (χ0n) is 15.8. The van der Waals surface area contributed by atoms with Crippen molar-refractivity contribution >= 4 is 39.5 Å². The van der Waals surface area contributed by atoms with E-state index in [9.17, 15) is 10.1 Å². The largest absolute Gasteiger partial charge is 0.493 e. The molecular formula is C21H20BrClN2O3. The van der Waals surface area contributed by atoms with Crippen LogP contribution >= 0.6 is 27.5 Å². The molecule has 28 heavy (non-hydrogen) atoms. The fourth-order valence-corrected chi connectivity index (χ4v) is 2.89. The second kappa shape index (κ2) is 10.2. The van der Waals surface area contributed by atoms with E-state index in [2.05, 4.69) is 21.2 Å². The highest BCUT2D eigenvalue weighted by Crippen LogP contribution is 2.37. The lowest BCUT2D eigenvalue weighted by Gasteiger charge is -2.14. The molecule has 0 aliphatic rings. The summed E-state index contributed by atoms with van der Waals surface area (Å²) in [6.45, 7) is 3.97. The molecule has 0 bridgehead atoms. The molecule has 1 N–H and O–H groups in total. The Labute approximate surface area is 178 Å². The number of amides is 1. The number of benzene rings is 2. The summed E-state index contributed by atoms with van der Waals surface area (Å²) in [5.41, 5.74) is 1.52. The molecule has 0 heterocycles. The Morgan fingerprint density at radius 1 is 1.32 bits per heavy atom.